The Balaban J connectivity index is 2.09. The summed E-state index contributed by atoms with van der Waals surface area (Å²) in [5, 5.41) is 7.93. The van der Waals surface area contributed by atoms with Crippen LogP contribution in [0.4, 0.5) is 4.39 Å². The molecular weight excluding hydrogens is 313 g/mol. The fourth-order valence-electron chi connectivity index (χ4n) is 2.38. The summed E-state index contributed by atoms with van der Waals surface area (Å²) in [6.07, 6.45) is 1.59. The maximum Gasteiger partial charge on any atom is 0.171 e. The number of ether oxygens (including phenoxy) is 1. The van der Waals surface area contributed by atoms with Crippen LogP contribution in [0.2, 0.25) is 0 Å². The second-order valence-corrected chi connectivity index (χ2v) is 5.73. The maximum atomic E-state index is 14.9. The fourth-order valence-corrected chi connectivity index (χ4v) is 2.80. The first-order valence-electron chi connectivity index (χ1n) is 5.96. The number of rotatable bonds is 3. The smallest absolute Gasteiger partial charge is 0.171 e. The summed E-state index contributed by atoms with van der Waals surface area (Å²) in [6, 6.07) is 7.63. The van der Waals surface area contributed by atoms with E-state index in [1.165, 1.54) is 0 Å². The highest BCUT2D eigenvalue weighted by molar-refractivity contribution is 9.10. The van der Waals surface area contributed by atoms with Crippen molar-refractivity contribution in [1.29, 1.82) is 0 Å². The molecule has 100 valence electrons. The van der Waals surface area contributed by atoms with Crippen molar-refractivity contribution in [3.8, 4) is 0 Å². The minimum atomic E-state index is -1.42. The van der Waals surface area contributed by atoms with Crippen molar-refractivity contribution in [2.24, 2.45) is 7.05 Å². The summed E-state index contributed by atoms with van der Waals surface area (Å²) in [4.78, 5) is 0. The molecule has 1 aromatic carbocycles. The Kier molecular flexibility index (Phi) is 3.14. The Morgan fingerprint density at radius 2 is 2.26 bits per heavy atom. The van der Waals surface area contributed by atoms with Gasteiger partial charge in [0.25, 0.3) is 0 Å². The maximum absolute atomic E-state index is 14.9. The fraction of sp³-hybridized carbons (Fsp3) is 0.385. The van der Waals surface area contributed by atoms with Crippen LogP contribution in [0.5, 0.6) is 0 Å². The summed E-state index contributed by atoms with van der Waals surface area (Å²) in [7, 11) is 1.82. The van der Waals surface area contributed by atoms with E-state index in [9.17, 15) is 4.39 Å². The van der Waals surface area contributed by atoms with E-state index < -0.39 is 11.6 Å². The molecule has 0 radical (unpaired) electrons. The molecule has 0 saturated carbocycles. The molecule has 1 atom stereocenters. The zero-order valence-electron chi connectivity index (χ0n) is 10.4. The molecule has 2 heterocycles. The Hall–Kier alpha value is -1.27. The van der Waals surface area contributed by atoms with Crippen LogP contribution >= 0.6 is 15.9 Å². The Morgan fingerprint density at radius 1 is 1.47 bits per heavy atom. The molecule has 19 heavy (non-hydrogen) atoms. The van der Waals surface area contributed by atoms with Crippen LogP contribution in [-0.4, -0.2) is 33.6 Å². The monoisotopic (exact) mass is 325 g/mol. The van der Waals surface area contributed by atoms with Crippen molar-refractivity contribution in [1.82, 2.24) is 14.8 Å². The minimum Gasteiger partial charge on any atom is -0.375 e. The molecule has 0 aliphatic carbocycles. The van der Waals surface area contributed by atoms with Crippen LogP contribution in [0.25, 0.3) is 0 Å². The molecule has 1 unspecified atom stereocenters. The molecule has 2 aromatic rings. The second kappa shape index (κ2) is 4.68. The van der Waals surface area contributed by atoms with Crippen LogP contribution in [0, 0.1) is 0 Å². The van der Waals surface area contributed by atoms with E-state index in [-0.39, 0.29) is 13.2 Å². The normalized spacial score (nSPS) is 18.9. The van der Waals surface area contributed by atoms with Crippen molar-refractivity contribution in [3.05, 3.63) is 46.5 Å². The lowest BCUT2D eigenvalue weighted by atomic mass is 9.81. The van der Waals surface area contributed by atoms with E-state index in [2.05, 4.69) is 26.1 Å². The Bertz CT molecular complexity index is 597. The molecule has 1 fully saturated rings. The predicted octanol–water partition coefficient (Wildman–Crippen LogP) is 2.45. The van der Waals surface area contributed by atoms with Crippen LogP contribution in [0.3, 0.4) is 0 Å². The number of halogens is 2. The molecule has 1 aliphatic heterocycles. The lowest BCUT2D eigenvalue weighted by molar-refractivity contribution is -0.139. The summed E-state index contributed by atoms with van der Waals surface area (Å²) in [5.74, 6) is 0.148. The third-order valence-corrected chi connectivity index (χ3v) is 3.88. The van der Waals surface area contributed by atoms with Gasteiger partial charge in [-0.05, 0) is 17.7 Å². The Morgan fingerprint density at radius 3 is 2.79 bits per heavy atom. The first-order valence-corrected chi connectivity index (χ1v) is 6.75. The van der Waals surface area contributed by atoms with Gasteiger partial charge in [-0.2, -0.15) is 0 Å². The molecule has 1 aliphatic rings. The van der Waals surface area contributed by atoms with Gasteiger partial charge in [0, 0.05) is 11.5 Å². The molecular formula is C13H13BrFN3O. The standard InChI is InChI=1S/C13H13BrFN3O/c1-18-8-16-17-12(18)11(13(15)6-19-7-13)9-3-2-4-10(14)5-9/h2-5,8,11H,6-7H2,1H3. The van der Waals surface area contributed by atoms with Gasteiger partial charge in [0.05, 0.1) is 19.1 Å². The lowest BCUT2D eigenvalue weighted by Crippen LogP contribution is -2.51. The van der Waals surface area contributed by atoms with Gasteiger partial charge in [-0.1, -0.05) is 28.1 Å². The number of hydrogen-bond donors (Lipinski definition) is 0. The van der Waals surface area contributed by atoms with Gasteiger partial charge in [-0.15, -0.1) is 10.2 Å². The summed E-state index contributed by atoms with van der Waals surface area (Å²) < 4.78 is 22.6. The van der Waals surface area contributed by atoms with Crippen LogP contribution in [0.1, 0.15) is 17.3 Å². The van der Waals surface area contributed by atoms with Gasteiger partial charge in [0.1, 0.15) is 12.2 Å². The van der Waals surface area contributed by atoms with Crippen molar-refractivity contribution in [3.63, 3.8) is 0 Å². The average molecular weight is 326 g/mol. The van der Waals surface area contributed by atoms with E-state index in [0.717, 1.165) is 10.0 Å². The van der Waals surface area contributed by atoms with E-state index in [1.807, 2.05) is 31.3 Å². The van der Waals surface area contributed by atoms with E-state index in [4.69, 9.17) is 4.74 Å². The highest BCUT2D eigenvalue weighted by Crippen LogP contribution is 2.41. The molecule has 0 spiro atoms. The Labute approximate surface area is 118 Å². The average Bonchev–Trinajstić information content (AvgIpc) is 2.74. The summed E-state index contributed by atoms with van der Waals surface area (Å²) >= 11 is 3.42. The number of alkyl halides is 1. The van der Waals surface area contributed by atoms with Crippen LogP contribution < -0.4 is 0 Å². The van der Waals surface area contributed by atoms with Gasteiger partial charge in [0.15, 0.2) is 5.67 Å². The first kappa shape index (κ1) is 12.7. The van der Waals surface area contributed by atoms with Crippen molar-refractivity contribution < 1.29 is 9.13 Å². The van der Waals surface area contributed by atoms with Crippen LogP contribution in [-0.2, 0) is 11.8 Å². The zero-order chi connectivity index (χ0) is 13.5. The van der Waals surface area contributed by atoms with Crippen molar-refractivity contribution in [2.75, 3.05) is 13.2 Å². The number of hydrogen-bond acceptors (Lipinski definition) is 3. The van der Waals surface area contributed by atoms with Gasteiger partial charge >= 0.3 is 0 Å². The molecule has 1 aromatic heterocycles. The molecule has 6 heteroatoms. The minimum absolute atomic E-state index is 0.0943. The summed E-state index contributed by atoms with van der Waals surface area (Å²) in [6.45, 7) is 0.189. The number of nitrogens with zero attached hydrogens (tertiary/aromatic N) is 3. The van der Waals surface area contributed by atoms with E-state index in [0.29, 0.717) is 5.82 Å². The number of aryl methyl sites for hydroxylation is 1. The largest absolute Gasteiger partial charge is 0.375 e. The molecule has 0 amide bonds. The topological polar surface area (TPSA) is 39.9 Å². The highest BCUT2D eigenvalue weighted by Gasteiger charge is 2.49. The lowest BCUT2D eigenvalue weighted by Gasteiger charge is -2.39. The number of aromatic nitrogens is 3. The van der Waals surface area contributed by atoms with Crippen LogP contribution in [0.15, 0.2) is 35.1 Å². The highest BCUT2D eigenvalue weighted by atomic mass is 79.9. The summed E-state index contributed by atoms with van der Waals surface area (Å²) in [5.41, 5.74) is -0.544. The predicted molar refractivity (Wildman–Crippen MR) is 71.6 cm³/mol. The van der Waals surface area contributed by atoms with Crippen molar-refractivity contribution >= 4 is 15.9 Å². The molecule has 4 nitrogen and oxygen atoms in total. The van der Waals surface area contributed by atoms with E-state index >= 15 is 0 Å². The first-order chi connectivity index (χ1) is 9.10. The number of benzene rings is 1. The van der Waals surface area contributed by atoms with Gasteiger partial charge in [0.2, 0.25) is 0 Å². The zero-order valence-corrected chi connectivity index (χ0v) is 12.0. The van der Waals surface area contributed by atoms with Gasteiger partial charge < -0.3 is 9.30 Å². The molecule has 0 bridgehead atoms. The van der Waals surface area contributed by atoms with Gasteiger partial charge in [-0.25, -0.2) is 4.39 Å². The van der Waals surface area contributed by atoms with Crippen molar-refractivity contribution in [2.45, 2.75) is 11.6 Å². The quantitative estimate of drug-likeness (QED) is 0.870. The molecule has 0 N–H and O–H groups in total. The third-order valence-electron chi connectivity index (χ3n) is 3.39. The van der Waals surface area contributed by atoms with E-state index in [1.54, 1.807) is 10.9 Å². The third kappa shape index (κ3) is 2.19. The molecule has 3 rings (SSSR count). The molecule has 1 saturated heterocycles. The van der Waals surface area contributed by atoms with Gasteiger partial charge in [-0.3, -0.25) is 0 Å². The SMILES string of the molecule is Cn1cnnc1C(c1cccc(Br)c1)C1(F)COC1. The second-order valence-electron chi connectivity index (χ2n) is 4.82.